The van der Waals surface area contributed by atoms with Crippen molar-refractivity contribution in [1.29, 1.82) is 0 Å². The molecule has 2 aromatic carbocycles. The van der Waals surface area contributed by atoms with Gasteiger partial charge in [0.05, 0.1) is 17.8 Å². The number of nitrogens with one attached hydrogen (secondary N) is 1. The van der Waals surface area contributed by atoms with Crippen LogP contribution in [0.5, 0.6) is 0 Å². The molecule has 3 N–H and O–H groups in total. The average Bonchev–Trinajstić information content (AvgIpc) is 2.57. The second-order valence-corrected chi connectivity index (χ2v) is 8.32. The first kappa shape index (κ1) is 17.1. The van der Waals surface area contributed by atoms with Gasteiger partial charge in [0.2, 0.25) is 10.0 Å². The van der Waals surface area contributed by atoms with Gasteiger partial charge in [0.25, 0.3) is 0 Å². The van der Waals surface area contributed by atoms with E-state index in [0.717, 1.165) is 30.4 Å². The minimum absolute atomic E-state index is 0.192. The van der Waals surface area contributed by atoms with E-state index < -0.39 is 22.1 Å². The Labute approximate surface area is 144 Å². The highest BCUT2D eigenvalue weighted by Crippen LogP contribution is 2.30. The smallest absolute Gasteiger partial charge is 0.212 e. The van der Waals surface area contributed by atoms with Crippen LogP contribution in [0.1, 0.15) is 42.5 Å². The van der Waals surface area contributed by atoms with Crippen LogP contribution in [0.25, 0.3) is 0 Å². The summed E-state index contributed by atoms with van der Waals surface area (Å²) in [5, 5.41) is 0. The molecule has 0 spiro atoms. The summed E-state index contributed by atoms with van der Waals surface area (Å²) in [6.07, 6.45) is 3.13. The topological polar surface area (TPSA) is 72.2 Å². The van der Waals surface area contributed by atoms with Gasteiger partial charge in [-0.2, -0.15) is 0 Å². The summed E-state index contributed by atoms with van der Waals surface area (Å²) >= 11 is 0. The molecule has 2 aromatic rings. The van der Waals surface area contributed by atoms with Gasteiger partial charge in [-0.05, 0) is 29.9 Å². The molecule has 1 saturated carbocycles. The zero-order valence-corrected chi connectivity index (χ0v) is 14.5. The molecule has 3 rings (SSSR count). The molecule has 128 valence electrons. The molecule has 24 heavy (non-hydrogen) atoms. The molecule has 4 nitrogen and oxygen atoms in total. The van der Waals surface area contributed by atoms with Crippen molar-refractivity contribution in [3.05, 3.63) is 71.8 Å². The zero-order valence-electron chi connectivity index (χ0n) is 13.6. The van der Waals surface area contributed by atoms with Gasteiger partial charge in [-0.1, -0.05) is 67.1 Å². The van der Waals surface area contributed by atoms with E-state index in [1.54, 1.807) is 0 Å². The molecule has 0 aromatic heterocycles. The summed E-state index contributed by atoms with van der Waals surface area (Å²) in [6, 6.07) is 18.3. The highest BCUT2D eigenvalue weighted by atomic mass is 32.2. The Morgan fingerprint density at radius 3 is 2.00 bits per heavy atom. The number of nitrogens with two attached hydrogens (primary N) is 1. The lowest BCUT2D eigenvalue weighted by Crippen LogP contribution is -2.39. The molecule has 1 fully saturated rings. The van der Waals surface area contributed by atoms with Crippen molar-refractivity contribution in [1.82, 2.24) is 4.72 Å². The van der Waals surface area contributed by atoms with E-state index in [9.17, 15) is 8.42 Å². The maximum Gasteiger partial charge on any atom is 0.212 e. The van der Waals surface area contributed by atoms with Crippen molar-refractivity contribution in [2.24, 2.45) is 11.7 Å². The fourth-order valence-corrected chi connectivity index (χ4v) is 4.81. The Kier molecular flexibility index (Phi) is 5.33. The minimum atomic E-state index is -3.37. The van der Waals surface area contributed by atoms with E-state index in [1.807, 2.05) is 60.7 Å². The fraction of sp³-hybridized carbons (Fsp3) is 0.368. The molecule has 5 heteroatoms. The third kappa shape index (κ3) is 4.23. The van der Waals surface area contributed by atoms with Crippen molar-refractivity contribution in [2.75, 3.05) is 5.75 Å². The third-order valence-corrected chi connectivity index (χ3v) is 6.21. The van der Waals surface area contributed by atoms with E-state index in [-0.39, 0.29) is 11.7 Å². The summed E-state index contributed by atoms with van der Waals surface area (Å²) in [5.41, 5.74) is 8.22. The number of sulfonamides is 1. The predicted molar refractivity (Wildman–Crippen MR) is 96.8 cm³/mol. The Morgan fingerprint density at radius 1 is 0.958 bits per heavy atom. The second kappa shape index (κ2) is 7.47. The van der Waals surface area contributed by atoms with Crippen LogP contribution >= 0.6 is 0 Å². The molecular weight excluding hydrogens is 320 g/mol. The van der Waals surface area contributed by atoms with Gasteiger partial charge < -0.3 is 5.73 Å². The first-order valence-electron chi connectivity index (χ1n) is 8.40. The SMILES string of the molecule is NC(c1ccccc1)C(NS(=O)(=O)CC1CCC1)c1ccccc1. The van der Waals surface area contributed by atoms with Gasteiger partial charge in [0.15, 0.2) is 0 Å². The Balaban J connectivity index is 1.85. The monoisotopic (exact) mass is 344 g/mol. The van der Waals surface area contributed by atoms with Gasteiger partial charge in [-0.15, -0.1) is 0 Å². The number of benzene rings is 2. The largest absolute Gasteiger partial charge is 0.322 e. The van der Waals surface area contributed by atoms with Gasteiger partial charge in [-0.25, -0.2) is 13.1 Å². The molecule has 0 heterocycles. The Bertz CT molecular complexity index is 743. The van der Waals surface area contributed by atoms with Gasteiger partial charge >= 0.3 is 0 Å². The van der Waals surface area contributed by atoms with E-state index in [1.165, 1.54) is 0 Å². The highest BCUT2D eigenvalue weighted by molar-refractivity contribution is 7.89. The van der Waals surface area contributed by atoms with E-state index in [0.29, 0.717) is 0 Å². The maximum absolute atomic E-state index is 12.6. The average molecular weight is 344 g/mol. The molecule has 2 unspecified atom stereocenters. The van der Waals surface area contributed by atoms with Crippen LogP contribution in [0.4, 0.5) is 0 Å². The number of hydrogen-bond acceptors (Lipinski definition) is 3. The van der Waals surface area contributed by atoms with Crippen LogP contribution in [0, 0.1) is 5.92 Å². The molecule has 0 aliphatic heterocycles. The minimum Gasteiger partial charge on any atom is -0.322 e. The molecule has 0 bridgehead atoms. The van der Waals surface area contributed by atoms with Crippen molar-refractivity contribution in [3.8, 4) is 0 Å². The number of hydrogen-bond donors (Lipinski definition) is 2. The third-order valence-electron chi connectivity index (χ3n) is 4.69. The summed E-state index contributed by atoms with van der Waals surface area (Å²) in [7, 11) is -3.37. The Hall–Kier alpha value is -1.69. The normalized spacial score (nSPS) is 17.9. The maximum atomic E-state index is 12.6. The van der Waals surface area contributed by atoms with E-state index >= 15 is 0 Å². The van der Waals surface area contributed by atoms with Crippen molar-refractivity contribution >= 4 is 10.0 Å². The molecule has 1 aliphatic carbocycles. The molecular formula is C19H24N2O2S. The second-order valence-electron chi connectivity index (χ2n) is 6.52. The van der Waals surface area contributed by atoms with Crippen LogP contribution in [0.15, 0.2) is 60.7 Å². The molecule has 0 radical (unpaired) electrons. The fourth-order valence-electron chi connectivity index (χ4n) is 3.09. The molecule has 0 saturated heterocycles. The van der Waals surface area contributed by atoms with Crippen molar-refractivity contribution < 1.29 is 8.42 Å². The van der Waals surface area contributed by atoms with Crippen LogP contribution in [0.3, 0.4) is 0 Å². The predicted octanol–water partition coefficient (Wildman–Crippen LogP) is 3.15. The lowest BCUT2D eigenvalue weighted by Gasteiger charge is -2.29. The van der Waals surface area contributed by atoms with Crippen LogP contribution in [0.2, 0.25) is 0 Å². The highest BCUT2D eigenvalue weighted by Gasteiger charge is 2.30. The van der Waals surface area contributed by atoms with Crippen LogP contribution in [-0.4, -0.2) is 14.2 Å². The standard InChI is InChI=1S/C19H24N2O2S/c20-18(16-10-3-1-4-11-16)19(17-12-5-2-6-13-17)21-24(22,23)14-15-8-7-9-15/h1-6,10-13,15,18-19,21H,7-9,14,20H2. The summed E-state index contributed by atoms with van der Waals surface area (Å²) in [4.78, 5) is 0. The van der Waals surface area contributed by atoms with Crippen molar-refractivity contribution in [3.63, 3.8) is 0 Å². The summed E-state index contributed by atoms with van der Waals surface area (Å²) in [5.74, 6) is 0.476. The lowest BCUT2D eigenvalue weighted by molar-refractivity contribution is 0.345. The van der Waals surface area contributed by atoms with Crippen LogP contribution < -0.4 is 10.5 Å². The summed E-state index contributed by atoms with van der Waals surface area (Å²) in [6.45, 7) is 0. The number of rotatable bonds is 7. The quantitative estimate of drug-likeness (QED) is 0.810. The van der Waals surface area contributed by atoms with Gasteiger partial charge in [0, 0.05) is 0 Å². The van der Waals surface area contributed by atoms with Gasteiger partial charge in [-0.3, -0.25) is 0 Å². The molecule has 0 amide bonds. The molecule has 1 aliphatic rings. The first-order valence-corrected chi connectivity index (χ1v) is 10.1. The van der Waals surface area contributed by atoms with Crippen LogP contribution in [-0.2, 0) is 10.0 Å². The van der Waals surface area contributed by atoms with Gasteiger partial charge in [0.1, 0.15) is 0 Å². The Morgan fingerprint density at radius 2 is 1.50 bits per heavy atom. The van der Waals surface area contributed by atoms with Crippen molar-refractivity contribution in [2.45, 2.75) is 31.3 Å². The van der Waals surface area contributed by atoms with E-state index in [2.05, 4.69) is 4.72 Å². The molecule has 2 atom stereocenters. The zero-order chi connectivity index (χ0) is 17.0. The first-order chi connectivity index (χ1) is 11.6. The summed E-state index contributed by atoms with van der Waals surface area (Å²) < 4.78 is 28.0. The lowest BCUT2D eigenvalue weighted by atomic mass is 9.87. The van der Waals surface area contributed by atoms with E-state index in [4.69, 9.17) is 5.73 Å².